The van der Waals surface area contributed by atoms with Crippen LogP contribution in [0.25, 0.3) is 27.6 Å². The molecule has 2 aromatic heterocycles. The van der Waals surface area contributed by atoms with E-state index in [1.54, 1.807) is 16.3 Å². The Morgan fingerprint density at radius 1 is 1.00 bits per heavy atom. The van der Waals surface area contributed by atoms with E-state index in [-0.39, 0.29) is 10.8 Å². The van der Waals surface area contributed by atoms with Crippen molar-refractivity contribution in [2.45, 2.75) is 24.3 Å². The summed E-state index contributed by atoms with van der Waals surface area (Å²) in [6.07, 6.45) is 0. The monoisotopic (exact) mass is 441 g/mol. The van der Waals surface area contributed by atoms with E-state index in [1.165, 1.54) is 5.56 Å². The number of hydrogen-bond donors (Lipinski definition) is 1. The third kappa shape index (κ3) is 3.67. The van der Waals surface area contributed by atoms with Gasteiger partial charge in [-0.05, 0) is 49.7 Å². The molecule has 6 heteroatoms. The first-order chi connectivity index (χ1) is 15.7. The molecule has 1 atom stereocenters. The number of benzene rings is 3. The maximum Gasteiger partial charge on any atom is 0.283 e. The number of aromatic nitrogens is 3. The van der Waals surface area contributed by atoms with Crippen molar-refractivity contribution in [3.8, 4) is 11.4 Å². The average molecular weight is 442 g/mol. The van der Waals surface area contributed by atoms with Gasteiger partial charge in [0.25, 0.3) is 5.56 Å². The maximum absolute atomic E-state index is 13.7. The Hall–Kier alpha value is -3.51. The molecule has 1 unspecified atom stereocenters. The lowest BCUT2D eigenvalue weighted by atomic mass is 10.2. The number of thioether (sulfide) groups is 1. The standard InChI is InChI=1S/C26H23N3O2S/c1-3-31-20-15-13-19(14-16-20)29-25(30)24-23(21-11-7-8-12-22(21)27-24)28-26(29)32-17(2)18-9-5-4-6-10-18/h4-17,27H,3H2,1-2H3. The summed E-state index contributed by atoms with van der Waals surface area (Å²) in [5.41, 5.74) is 3.95. The number of ether oxygens (including phenoxy) is 1. The molecule has 0 aliphatic heterocycles. The van der Waals surface area contributed by atoms with Crippen molar-refractivity contribution in [3.05, 3.63) is 94.8 Å². The molecule has 5 nitrogen and oxygen atoms in total. The molecule has 0 spiro atoms. The van der Waals surface area contributed by atoms with Gasteiger partial charge in [0.05, 0.1) is 12.3 Å². The van der Waals surface area contributed by atoms with Gasteiger partial charge < -0.3 is 9.72 Å². The van der Waals surface area contributed by atoms with E-state index in [4.69, 9.17) is 9.72 Å². The minimum atomic E-state index is -0.113. The van der Waals surface area contributed by atoms with Crippen LogP contribution < -0.4 is 10.3 Å². The van der Waals surface area contributed by atoms with Crippen molar-refractivity contribution >= 4 is 33.7 Å². The van der Waals surface area contributed by atoms with Crippen LogP contribution >= 0.6 is 11.8 Å². The van der Waals surface area contributed by atoms with E-state index in [2.05, 4.69) is 24.0 Å². The minimum absolute atomic E-state index is 0.113. The first-order valence-electron chi connectivity index (χ1n) is 10.6. The van der Waals surface area contributed by atoms with Gasteiger partial charge in [0, 0.05) is 16.2 Å². The van der Waals surface area contributed by atoms with Crippen LogP contribution in [0, 0.1) is 0 Å². The van der Waals surface area contributed by atoms with Crippen molar-refractivity contribution in [2.75, 3.05) is 6.61 Å². The van der Waals surface area contributed by atoms with Crippen molar-refractivity contribution in [2.24, 2.45) is 0 Å². The van der Waals surface area contributed by atoms with Gasteiger partial charge in [0.15, 0.2) is 5.16 Å². The third-order valence-electron chi connectivity index (χ3n) is 5.45. The second-order valence-corrected chi connectivity index (χ2v) is 8.83. The number of aromatic amines is 1. The Morgan fingerprint density at radius 2 is 1.72 bits per heavy atom. The van der Waals surface area contributed by atoms with E-state index < -0.39 is 0 Å². The number of para-hydroxylation sites is 1. The minimum Gasteiger partial charge on any atom is -0.494 e. The number of H-pyrrole nitrogens is 1. The molecular weight excluding hydrogens is 418 g/mol. The zero-order valence-corrected chi connectivity index (χ0v) is 18.7. The highest BCUT2D eigenvalue weighted by molar-refractivity contribution is 7.99. The van der Waals surface area contributed by atoms with Crippen LogP contribution in [0.2, 0.25) is 0 Å². The molecule has 0 fully saturated rings. The van der Waals surface area contributed by atoms with Crippen molar-refractivity contribution in [1.82, 2.24) is 14.5 Å². The Morgan fingerprint density at radius 3 is 2.47 bits per heavy atom. The summed E-state index contributed by atoms with van der Waals surface area (Å²) in [7, 11) is 0. The fraction of sp³-hybridized carbons (Fsp3) is 0.154. The van der Waals surface area contributed by atoms with Crippen LogP contribution in [-0.4, -0.2) is 21.1 Å². The highest BCUT2D eigenvalue weighted by Gasteiger charge is 2.19. The van der Waals surface area contributed by atoms with E-state index in [9.17, 15) is 4.79 Å². The van der Waals surface area contributed by atoms with Gasteiger partial charge in [-0.25, -0.2) is 4.98 Å². The number of fused-ring (bicyclic) bond motifs is 3. The van der Waals surface area contributed by atoms with Gasteiger partial charge >= 0.3 is 0 Å². The lowest BCUT2D eigenvalue weighted by molar-refractivity contribution is 0.340. The summed E-state index contributed by atoms with van der Waals surface area (Å²) >= 11 is 1.58. The Bertz CT molecular complexity index is 1440. The Labute approximate surface area is 190 Å². The van der Waals surface area contributed by atoms with E-state index in [1.807, 2.05) is 73.7 Å². The molecule has 32 heavy (non-hydrogen) atoms. The van der Waals surface area contributed by atoms with Crippen LogP contribution in [0.3, 0.4) is 0 Å². The Kier molecular flexibility index (Phi) is 5.45. The number of rotatable bonds is 6. The Balaban J connectivity index is 1.70. The molecule has 0 aliphatic rings. The van der Waals surface area contributed by atoms with Crippen LogP contribution in [-0.2, 0) is 0 Å². The molecular formula is C26H23N3O2S. The molecule has 2 heterocycles. The lowest BCUT2D eigenvalue weighted by Gasteiger charge is -2.16. The molecule has 0 bridgehead atoms. The number of hydrogen-bond acceptors (Lipinski definition) is 4. The summed E-state index contributed by atoms with van der Waals surface area (Å²) in [6.45, 7) is 4.68. The quantitative estimate of drug-likeness (QED) is 0.255. The lowest BCUT2D eigenvalue weighted by Crippen LogP contribution is -2.22. The first kappa shape index (κ1) is 20.4. The predicted octanol–water partition coefficient (Wildman–Crippen LogP) is 6.12. The van der Waals surface area contributed by atoms with Gasteiger partial charge in [0.2, 0.25) is 0 Å². The molecule has 0 saturated heterocycles. The van der Waals surface area contributed by atoms with Crippen LogP contribution in [0.4, 0.5) is 0 Å². The van der Waals surface area contributed by atoms with E-state index in [0.29, 0.717) is 22.8 Å². The molecule has 160 valence electrons. The van der Waals surface area contributed by atoms with Gasteiger partial charge in [-0.2, -0.15) is 0 Å². The maximum atomic E-state index is 13.7. The zero-order valence-electron chi connectivity index (χ0n) is 17.9. The summed E-state index contributed by atoms with van der Waals surface area (Å²) in [4.78, 5) is 22.0. The van der Waals surface area contributed by atoms with Gasteiger partial charge in [0.1, 0.15) is 16.8 Å². The van der Waals surface area contributed by atoms with Crippen LogP contribution in [0.15, 0.2) is 88.8 Å². The van der Waals surface area contributed by atoms with E-state index in [0.717, 1.165) is 22.3 Å². The summed E-state index contributed by atoms with van der Waals surface area (Å²) in [5, 5.41) is 1.74. The van der Waals surface area contributed by atoms with E-state index >= 15 is 0 Å². The zero-order chi connectivity index (χ0) is 22.1. The fourth-order valence-corrected chi connectivity index (χ4v) is 4.90. The number of nitrogens with one attached hydrogen (secondary N) is 1. The summed E-state index contributed by atoms with van der Waals surface area (Å²) in [5.74, 6) is 0.774. The van der Waals surface area contributed by atoms with Crippen molar-refractivity contribution < 1.29 is 4.74 Å². The summed E-state index contributed by atoms with van der Waals surface area (Å²) in [6, 6.07) is 25.7. The molecule has 5 aromatic rings. The predicted molar refractivity (Wildman–Crippen MR) is 131 cm³/mol. The molecule has 0 saturated carbocycles. The van der Waals surface area contributed by atoms with Crippen LogP contribution in [0.5, 0.6) is 5.75 Å². The molecule has 0 radical (unpaired) electrons. The van der Waals surface area contributed by atoms with Gasteiger partial charge in [-0.3, -0.25) is 9.36 Å². The molecule has 3 aromatic carbocycles. The smallest absolute Gasteiger partial charge is 0.283 e. The molecule has 0 amide bonds. The largest absolute Gasteiger partial charge is 0.494 e. The first-order valence-corrected chi connectivity index (χ1v) is 11.5. The number of nitrogens with zero attached hydrogens (tertiary/aromatic N) is 2. The molecule has 0 aliphatic carbocycles. The average Bonchev–Trinajstić information content (AvgIpc) is 3.20. The highest BCUT2D eigenvalue weighted by Crippen LogP contribution is 2.35. The SMILES string of the molecule is CCOc1ccc(-n2c(SC(C)c3ccccc3)nc3c([nH]c4ccccc43)c2=O)cc1. The second kappa shape index (κ2) is 8.55. The summed E-state index contributed by atoms with van der Waals surface area (Å²) < 4.78 is 7.27. The van der Waals surface area contributed by atoms with Gasteiger partial charge in [-0.15, -0.1) is 0 Å². The highest BCUT2D eigenvalue weighted by atomic mass is 32.2. The fourth-order valence-electron chi connectivity index (χ4n) is 3.86. The van der Waals surface area contributed by atoms with Crippen molar-refractivity contribution in [3.63, 3.8) is 0 Å². The normalized spacial score (nSPS) is 12.3. The van der Waals surface area contributed by atoms with Gasteiger partial charge in [-0.1, -0.05) is 60.3 Å². The molecule has 5 rings (SSSR count). The van der Waals surface area contributed by atoms with Crippen molar-refractivity contribution in [1.29, 1.82) is 0 Å². The second-order valence-electron chi connectivity index (χ2n) is 7.53. The third-order valence-corrected chi connectivity index (χ3v) is 6.56. The van der Waals surface area contributed by atoms with Crippen LogP contribution in [0.1, 0.15) is 24.7 Å². The molecule has 1 N–H and O–H groups in total. The topological polar surface area (TPSA) is 59.9 Å².